The largest absolute Gasteiger partial charge is 0.497 e. The normalized spacial score (nSPS) is 11.7. The third kappa shape index (κ3) is 2.81. The van der Waals surface area contributed by atoms with Gasteiger partial charge >= 0.3 is 6.18 Å². The van der Waals surface area contributed by atoms with Crippen molar-refractivity contribution in [1.29, 1.82) is 0 Å². The molecule has 3 aromatic rings. The molecule has 0 aliphatic carbocycles. The third-order valence-electron chi connectivity index (χ3n) is 3.46. The Morgan fingerprint density at radius 3 is 2.43 bits per heavy atom. The second-order valence-corrected chi connectivity index (χ2v) is 4.87. The highest BCUT2D eigenvalue weighted by Crippen LogP contribution is 2.34. The first-order chi connectivity index (χ1) is 10.9. The van der Waals surface area contributed by atoms with Gasteiger partial charge in [0.25, 0.3) is 0 Å². The number of benzene rings is 1. The van der Waals surface area contributed by atoms with Crippen molar-refractivity contribution in [2.75, 3.05) is 14.2 Å². The van der Waals surface area contributed by atoms with Crippen molar-refractivity contribution in [3.63, 3.8) is 0 Å². The summed E-state index contributed by atoms with van der Waals surface area (Å²) >= 11 is 0. The summed E-state index contributed by atoms with van der Waals surface area (Å²) in [5.74, 6) is 1.17. The smallest absolute Gasteiger partial charge is 0.417 e. The average molecular weight is 322 g/mol. The molecule has 4 nitrogen and oxygen atoms in total. The standard InChI is InChI=1S/C16H13F3N2O2/c1-22-11-4-5-14(23-2)12(7-11)13-9-21-8-10(16(17,18)19)3-6-15(21)20-13/h3-9H,1-2H3. The van der Waals surface area contributed by atoms with Crippen LogP contribution in [0, 0.1) is 0 Å². The number of alkyl halides is 3. The summed E-state index contributed by atoms with van der Waals surface area (Å²) in [5, 5.41) is 0. The van der Waals surface area contributed by atoms with Gasteiger partial charge in [0.2, 0.25) is 0 Å². The molecule has 0 saturated carbocycles. The minimum Gasteiger partial charge on any atom is -0.497 e. The summed E-state index contributed by atoms with van der Waals surface area (Å²) < 4.78 is 50.2. The maximum Gasteiger partial charge on any atom is 0.417 e. The number of pyridine rings is 1. The Morgan fingerprint density at radius 1 is 1.00 bits per heavy atom. The summed E-state index contributed by atoms with van der Waals surface area (Å²) in [6, 6.07) is 7.53. The highest BCUT2D eigenvalue weighted by Gasteiger charge is 2.30. The molecule has 3 rings (SSSR count). The Labute approximate surface area is 130 Å². The fraction of sp³-hybridized carbons (Fsp3) is 0.188. The predicted molar refractivity (Wildman–Crippen MR) is 78.7 cm³/mol. The maximum atomic E-state index is 12.8. The van der Waals surface area contributed by atoms with Gasteiger partial charge in [-0.25, -0.2) is 4.98 Å². The molecule has 0 unspecified atom stereocenters. The Kier molecular flexibility index (Phi) is 3.63. The first-order valence-electron chi connectivity index (χ1n) is 6.70. The van der Waals surface area contributed by atoms with Gasteiger partial charge < -0.3 is 13.9 Å². The van der Waals surface area contributed by atoms with E-state index in [1.165, 1.54) is 30.9 Å². The van der Waals surface area contributed by atoms with Gasteiger partial charge in [0.15, 0.2) is 0 Å². The number of fused-ring (bicyclic) bond motifs is 1. The second-order valence-electron chi connectivity index (χ2n) is 4.87. The number of hydrogen-bond acceptors (Lipinski definition) is 3. The van der Waals surface area contributed by atoms with Crippen LogP contribution in [0.15, 0.2) is 42.7 Å². The van der Waals surface area contributed by atoms with E-state index in [4.69, 9.17) is 9.47 Å². The molecule has 0 aliphatic heterocycles. The van der Waals surface area contributed by atoms with Crippen molar-refractivity contribution in [3.05, 3.63) is 48.3 Å². The van der Waals surface area contributed by atoms with Crippen molar-refractivity contribution >= 4 is 5.65 Å². The SMILES string of the molecule is COc1ccc(OC)c(-c2cn3cc(C(F)(F)F)ccc3n2)c1. The van der Waals surface area contributed by atoms with Crippen LogP contribution < -0.4 is 9.47 Å². The minimum atomic E-state index is -4.40. The minimum absolute atomic E-state index is 0.415. The van der Waals surface area contributed by atoms with Crippen LogP contribution in [0.3, 0.4) is 0 Å². The molecule has 2 heterocycles. The first kappa shape index (κ1) is 15.2. The predicted octanol–water partition coefficient (Wildman–Crippen LogP) is 4.04. The molecule has 23 heavy (non-hydrogen) atoms. The zero-order valence-electron chi connectivity index (χ0n) is 12.4. The second kappa shape index (κ2) is 5.49. The lowest BCUT2D eigenvalue weighted by atomic mass is 10.1. The van der Waals surface area contributed by atoms with Gasteiger partial charge in [-0.1, -0.05) is 0 Å². The number of rotatable bonds is 3. The monoisotopic (exact) mass is 322 g/mol. The van der Waals surface area contributed by atoms with Crippen molar-refractivity contribution < 1.29 is 22.6 Å². The van der Waals surface area contributed by atoms with Crippen LogP contribution >= 0.6 is 0 Å². The first-order valence-corrected chi connectivity index (χ1v) is 6.70. The quantitative estimate of drug-likeness (QED) is 0.730. The molecule has 120 valence electrons. The zero-order chi connectivity index (χ0) is 16.6. The number of halogens is 3. The van der Waals surface area contributed by atoms with E-state index in [-0.39, 0.29) is 0 Å². The molecule has 0 spiro atoms. The van der Waals surface area contributed by atoms with Gasteiger partial charge in [-0.3, -0.25) is 0 Å². The molecular weight excluding hydrogens is 309 g/mol. The van der Waals surface area contributed by atoms with Crippen molar-refractivity contribution in [2.45, 2.75) is 6.18 Å². The molecule has 7 heteroatoms. The van der Waals surface area contributed by atoms with Crippen LogP contribution in [0.4, 0.5) is 13.2 Å². The van der Waals surface area contributed by atoms with Crippen LogP contribution in [0.25, 0.3) is 16.9 Å². The molecule has 0 amide bonds. The highest BCUT2D eigenvalue weighted by molar-refractivity contribution is 5.71. The van der Waals surface area contributed by atoms with Crippen molar-refractivity contribution in [3.8, 4) is 22.8 Å². The van der Waals surface area contributed by atoms with E-state index < -0.39 is 11.7 Å². The summed E-state index contributed by atoms with van der Waals surface area (Å²) in [6.07, 6.45) is -1.85. The third-order valence-corrected chi connectivity index (χ3v) is 3.46. The number of imidazole rings is 1. The van der Waals surface area contributed by atoms with Gasteiger partial charge in [-0.05, 0) is 30.3 Å². The van der Waals surface area contributed by atoms with Gasteiger partial charge in [0.05, 0.1) is 25.5 Å². The summed E-state index contributed by atoms with van der Waals surface area (Å²) in [5.41, 5.74) is 0.827. The molecule has 0 saturated heterocycles. The van der Waals surface area contributed by atoms with Crippen LogP contribution in [0.5, 0.6) is 11.5 Å². The molecule has 0 fully saturated rings. The van der Waals surface area contributed by atoms with Gasteiger partial charge in [0, 0.05) is 18.0 Å². The Morgan fingerprint density at radius 2 is 1.78 bits per heavy atom. The van der Waals surface area contributed by atoms with Crippen LogP contribution in [0.1, 0.15) is 5.56 Å². The lowest BCUT2D eigenvalue weighted by molar-refractivity contribution is -0.137. The van der Waals surface area contributed by atoms with E-state index in [0.29, 0.717) is 28.4 Å². The van der Waals surface area contributed by atoms with E-state index in [1.807, 2.05) is 0 Å². The molecule has 0 N–H and O–H groups in total. The molecule has 2 aromatic heterocycles. The van der Waals surface area contributed by atoms with E-state index in [0.717, 1.165) is 12.3 Å². The van der Waals surface area contributed by atoms with Gasteiger partial charge in [0.1, 0.15) is 17.1 Å². The topological polar surface area (TPSA) is 35.8 Å². The van der Waals surface area contributed by atoms with Crippen molar-refractivity contribution in [1.82, 2.24) is 9.38 Å². The molecule has 0 radical (unpaired) electrons. The van der Waals surface area contributed by atoms with Gasteiger partial charge in [-0.15, -0.1) is 0 Å². The summed E-state index contributed by atoms with van der Waals surface area (Å²) in [4.78, 5) is 4.35. The molecule has 0 atom stereocenters. The van der Waals surface area contributed by atoms with E-state index in [2.05, 4.69) is 4.98 Å². The van der Waals surface area contributed by atoms with E-state index in [9.17, 15) is 13.2 Å². The molecule has 0 aliphatic rings. The lowest BCUT2D eigenvalue weighted by Crippen LogP contribution is -2.05. The highest BCUT2D eigenvalue weighted by atomic mass is 19.4. The zero-order valence-corrected chi connectivity index (χ0v) is 12.4. The molecular formula is C16H13F3N2O2. The number of ether oxygens (including phenoxy) is 2. The van der Waals surface area contributed by atoms with Gasteiger partial charge in [-0.2, -0.15) is 13.2 Å². The average Bonchev–Trinajstić information content (AvgIpc) is 2.96. The Balaban J connectivity index is 2.14. The number of hydrogen-bond donors (Lipinski definition) is 0. The lowest BCUT2D eigenvalue weighted by Gasteiger charge is -2.08. The number of nitrogens with zero attached hydrogens (tertiary/aromatic N) is 2. The summed E-state index contributed by atoms with van der Waals surface area (Å²) in [7, 11) is 3.05. The van der Waals surface area contributed by atoms with Crippen LogP contribution in [0.2, 0.25) is 0 Å². The van der Waals surface area contributed by atoms with Crippen LogP contribution in [-0.4, -0.2) is 23.6 Å². The summed E-state index contributed by atoms with van der Waals surface area (Å²) in [6.45, 7) is 0. The number of methoxy groups -OCH3 is 2. The molecule has 1 aromatic carbocycles. The number of aromatic nitrogens is 2. The van der Waals surface area contributed by atoms with Crippen molar-refractivity contribution in [2.24, 2.45) is 0 Å². The fourth-order valence-corrected chi connectivity index (χ4v) is 2.30. The fourth-order valence-electron chi connectivity index (χ4n) is 2.30. The Bertz CT molecular complexity index is 856. The molecule has 0 bridgehead atoms. The maximum absolute atomic E-state index is 12.8. The van der Waals surface area contributed by atoms with E-state index in [1.54, 1.807) is 18.2 Å². The van der Waals surface area contributed by atoms with E-state index >= 15 is 0 Å². The van der Waals surface area contributed by atoms with Crippen LogP contribution in [-0.2, 0) is 6.18 Å². The Hall–Kier alpha value is -2.70.